The lowest BCUT2D eigenvalue weighted by molar-refractivity contribution is -0.145. The van der Waals surface area contributed by atoms with Crippen LogP contribution in [0.25, 0.3) is 11.1 Å². The Hall–Kier alpha value is -2.34. The molecule has 1 aromatic heterocycles. The molecule has 0 N–H and O–H groups in total. The molecule has 1 fully saturated rings. The number of carbonyl (C=O) groups is 1. The number of amides is 1. The van der Waals surface area contributed by atoms with Gasteiger partial charge < -0.3 is 14.4 Å². The lowest BCUT2D eigenvalue weighted by atomic mass is 10.1. The second kappa shape index (κ2) is 7.05. The molecule has 24 heavy (non-hydrogen) atoms. The fourth-order valence-electron chi connectivity index (χ4n) is 2.93. The van der Waals surface area contributed by atoms with E-state index in [0.29, 0.717) is 18.8 Å². The van der Waals surface area contributed by atoms with E-state index in [1.165, 1.54) is 0 Å². The largest absolute Gasteiger partial charge is 0.484 e. The molecule has 1 aliphatic rings. The standard InChI is InChI=1S/C18H23N3O3/c1-13-9-21(10-14(2)24-13)18(22)12-23-17-6-4-15(5-7-17)16-8-19-20(3)11-16/h4-8,11,13-14H,9-10,12H2,1-3H3/t13-,14+. The zero-order valence-electron chi connectivity index (χ0n) is 14.3. The molecule has 0 saturated carbocycles. The minimum absolute atomic E-state index is 0.00617. The number of ether oxygens (including phenoxy) is 2. The Kier molecular flexibility index (Phi) is 4.85. The molecule has 1 aliphatic heterocycles. The van der Waals surface area contributed by atoms with Crippen LogP contribution in [0.15, 0.2) is 36.7 Å². The molecule has 1 aromatic carbocycles. The molecule has 0 aliphatic carbocycles. The minimum Gasteiger partial charge on any atom is -0.484 e. The molecule has 0 spiro atoms. The Morgan fingerprint density at radius 3 is 2.46 bits per heavy atom. The molecule has 6 nitrogen and oxygen atoms in total. The van der Waals surface area contributed by atoms with E-state index in [1.807, 2.05) is 62.5 Å². The number of aryl methyl sites for hydroxylation is 1. The highest BCUT2D eigenvalue weighted by molar-refractivity contribution is 5.78. The Morgan fingerprint density at radius 1 is 1.21 bits per heavy atom. The summed E-state index contributed by atoms with van der Waals surface area (Å²) in [5.41, 5.74) is 2.12. The maximum atomic E-state index is 12.3. The van der Waals surface area contributed by atoms with Gasteiger partial charge in [0.05, 0.1) is 18.4 Å². The summed E-state index contributed by atoms with van der Waals surface area (Å²) < 4.78 is 13.0. The maximum Gasteiger partial charge on any atom is 0.260 e. The first-order valence-electron chi connectivity index (χ1n) is 8.16. The highest BCUT2D eigenvalue weighted by Crippen LogP contribution is 2.22. The van der Waals surface area contributed by atoms with Gasteiger partial charge in [-0.3, -0.25) is 9.48 Å². The van der Waals surface area contributed by atoms with Crippen LogP contribution in [0, 0.1) is 0 Å². The monoisotopic (exact) mass is 329 g/mol. The van der Waals surface area contributed by atoms with Gasteiger partial charge >= 0.3 is 0 Å². The van der Waals surface area contributed by atoms with Crippen molar-refractivity contribution in [2.75, 3.05) is 19.7 Å². The Balaban J connectivity index is 1.55. The molecule has 0 unspecified atom stereocenters. The van der Waals surface area contributed by atoms with Crippen molar-refractivity contribution in [1.29, 1.82) is 0 Å². The summed E-state index contributed by atoms with van der Waals surface area (Å²) in [6.45, 7) is 5.24. The van der Waals surface area contributed by atoms with E-state index in [-0.39, 0.29) is 24.7 Å². The number of carbonyl (C=O) groups excluding carboxylic acids is 1. The summed E-state index contributed by atoms with van der Waals surface area (Å²) in [7, 11) is 1.89. The Bertz CT molecular complexity index is 686. The van der Waals surface area contributed by atoms with Crippen LogP contribution in [0.2, 0.25) is 0 Å². The van der Waals surface area contributed by atoms with Crippen LogP contribution in [-0.2, 0) is 16.6 Å². The third kappa shape index (κ3) is 3.94. The third-order valence-corrected chi connectivity index (χ3v) is 4.03. The van der Waals surface area contributed by atoms with E-state index in [0.717, 1.165) is 11.1 Å². The van der Waals surface area contributed by atoms with Crippen LogP contribution in [-0.4, -0.2) is 52.5 Å². The smallest absolute Gasteiger partial charge is 0.260 e. The Labute approximate surface area is 142 Å². The van der Waals surface area contributed by atoms with Gasteiger partial charge in [0.1, 0.15) is 5.75 Å². The van der Waals surface area contributed by atoms with E-state index < -0.39 is 0 Å². The number of benzene rings is 1. The lowest BCUT2D eigenvalue weighted by Crippen LogP contribution is -2.49. The van der Waals surface area contributed by atoms with Gasteiger partial charge in [-0.15, -0.1) is 0 Å². The van der Waals surface area contributed by atoms with Crippen LogP contribution in [0.5, 0.6) is 5.75 Å². The molecule has 2 heterocycles. The molecule has 0 bridgehead atoms. The third-order valence-electron chi connectivity index (χ3n) is 4.03. The summed E-state index contributed by atoms with van der Waals surface area (Å²) >= 11 is 0. The highest BCUT2D eigenvalue weighted by Gasteiger charge is 2.25. The van der Waals surface area contributed by atoms with Crippen LogP contribution < -0.4 is 4.74 Å². The minimum atomic E-state index is -0.00617. The maximum absolute atomic E-state index is 12.3. The molecule has 2 atom stereocenters. The second-order valence-electron chi connectivity index (χ2n) is 6.27. The number of rotatable bonds is 4. The van der Waals surface area contributed by atoms with Crippen molar-refractivity contribution in [2.24, 2.45) is 7.05 Å². The average Bonchev–Trinajstić information content (AvgIpc) is 2.98. The molecule has 1 saturated heterocycles. The number of nitrogens with zero attached hydrogens (tertiary/aromatic N) is 3. The number of hydrogen-bond acceptors (Lipinski definition) is 4. The summed E-state index contributed by atoms with van der Waals surface area (Å²) in [6.07, 6.45) is 3.91. The molecule has 0 radical (unpaired) electrons. The molecule has 128 valence electrons. The van der Waals surface area contributed by atoms with Gasteiger partial charge in [0, 0.05) is 31.9 Å². The molecule has 6 heteroatoms. The number of hydrogen-bond donors (Lipinski definition) is 0. The van der Waals surface area contributed by atoms with Gasteiger partial charge in [-0.2, -0.15) is 5.10 Å². The zero-order valence-corrected chi connectivity index (χ0v) is 14.3. The van der Waals surface area contributed by atoms with E-state index in [2.05, 4.69) is 5.10 Å². The predicted octanol–water partition coefficient (Wildman–Crippen LogP) is 2.10. The van der Waals surface area contributed by atoms with Crippen molar-refractivity contribution in [3.05, 3.63) is 36.7 Å². The van der Waals surface area contributed by atoms with Crippen LogP contribution in [0.3, 0.4) is 0 Å². The zero-order chi connectivity index (χ0) is 17.1. The van der Waals surface area contributed by atoms with Gasteiger partial charge in [-0.05, 0) is 31.5 Å². The van der Waals surface area contributed by atoms with E-state index in [9.17, 15) is 4.79 Å². The normalized spacial score (nSPS) is 20.9. The summed E-state index contributed by atoms with van der Waals surface area (Å²) in [4.78, 5) is 14.1. The first-order valence-corrected chi connectivity index (χ1v) is 8.16. The van der Waals surface area contributed by atoms with Crippen LogP contribution >= 0.6 is 0 Å². The van der Waals surface area contributed by atoms with E-state index in [4.69, 9.17) is 9.47 Å². The van der Waals surface area contributed by atoms with Crippen molar-refractivity contribution in [3.8, 4) is 16.9 Å². The van der Waals surface area contributed by atoms with Crippen molar-refractivity contribution >= 4 is 5.91 Å². The summed E-state index contributed by atoms with van der Waals surface area (Å²) in [5, 5.41) is 4.16. The van der Waals surface area contributed by atoms with Crippen LogP contribution in [0.4, 0.5) is 0 Å². The second-order valence-corrected chi connectivity index (χ2v) is 6.27. The Morgan fingerprint density at radius 2 is 1.88 bits per heavy atom. The van der Waals surface area contributed by atoms with Gasteiger partial charge in [0.25, 0.3) is 5.91 Å². The van der Waals surface area contributed by atoms with Crippen molar-refractivity contribution in [1.82, 2.24) is 14.7 Å². The quantitative estimate of drug-likeness (QED) is 0.862. The predicted molar refractivity (Wildman–Crippen MR) is 90.7 cm³/mol. The fraction of sp³-hybridized carbons (Fsp3) is 0.444. The fourth-order valence-corrected chi connectivity index (χ4v) is 2.93. The molecule has 3 rings (SSSR count). The SMILES string of the molecule is C[C@@H]1CN(C(=O)COc2ccc(-c3cnn(C)c3)cc2)C[C@H](C)O1. The number of morpholine rings is 1. The van der Waals surface area contributed by atoms with Gasteiger partial charge in [-0.25, -0.2) is 0 Å². The first kappa shape index (κ1) is 16.5. The first-order chi connectivity index (χ1) is 11.5. The van der Waals surface area contributed by atoms with Crippen molar-refractivity contribution in [3.63, 3.8) is 0 Å². The van der Waals surface area contributed by atoms with E-state index >= 15 is 0 Å². The van der Waals surface area contributed by atoms with Crippen LogP contribution in [0.1, 0.15) is 13.8 Å². The van der Waals surface area contributed by atoms with Gasteiger partial charge in [0.15, 0.2) is 6.61 Å². The molecule has 2 aromatic rings. The van der Waals surface area contributed by atoms with Crippen molar-refractivity contribution < 1.29 is 14.3 Å². The highest BCUT2D eigenvalue weighted by atomic mass is 16.5. The number of aromatic nitrogens is 2. The molecular formula is C18H23N3O3. The average molecular weight is 329 g/mol. The summed E-state index contributed by atoms with van der Waals surface area (Å²) in [6, 6.07) is 7.69. The van der Waals surface area contributed by atoms with Gasteiger partial charge in [0.2, 0.25) is 0 Å². The molecular weight excluding hydrogens is 306 g/mol. The lowest BCUT2D eigenvalue weighted by Gasteiger charge is -2.35. The van der Waals surface area contributed by atoms with E-state index in [1.54, 1.807) is 4.68 Å². The van der Waals surface area contributed by atoms with Crippen molar-refractivity contribution in [2.45, 2.75) is 26.1 Å². The summed E-state index contributed by atoms with van der Waals surface area (Å²) in [5.74, 6) is 0.679. The van der Waals surface area contributed by atoms with Gasteiger partial charge in [-0.1, -0.05) is 12.1 Å². The molecule has 1 amide bonds. The topological polar surface area (TPSA) is 56.6 Å².